The second-order valence-corrected chi connectivity index (χ2v) is 4.22. The molecule has 1 aromatic heterocycles. The van der Waals surface area contributed by atoms with Crippen molar-refractivity contribution in [1.82, 2.24) is 9.13 Å². The minimum Gasteiger partial charge on any atom is -0.423 e. The van der Waals surface area contributed by atoms with Gasteiger partial charge in [0.2, 0.25) is 0 Å². The van der Waals surface area contributed by atoms with Crippen molar-refractivity contribution in [3.8, 4) is 0 Å². The number of aromatic nitrogens is 2. The highest BCUT2D eigenvalue weighted by molar-refractivity contribution is 6.59. The molecule has 1 heterocycles. The van der Waals surface area contributed by atoms with Crippen molar-refractivity contribution < 1.29 is 10.0 Å². The molecule has 0 fully saturated rings. The van der Waals surface area contributed by atoms with Crippen LogP contribution in [0.5, 0.6) is 0 Å². The normalized spacial score (nSPS) is 10.5. The molecule has 0 unspecified atom stereocenters. The van der Waals surface area contributed by atoms with Crippen molar-refractivity contribution in [3.05, 3.63) is 62.9 Å². The Labute approximate surface area is 109 Å². The second kappa shape index (κ2) is 5.25. The van der Waals surface area contributed by atoms with Crippen LogP contribution in [0.3, 0.4) is 0 Å². The minimum absolute atomic E-state index is 0.114. The van der Waals surface area contributed by atoms with Crippen molar-refractivity contribution in [2.24, 2.45) is 7.05 Å². The van der Waals surface area contributed by atoms with E-state index in [1.54, 1.807) is 24.3 Å². The third-order valence-corrected chi connectivity index (χ3v) is 2.91. The zero-order valence-electron chi connectivity index (χ0n) is 10.4. The molecule has 2 aromatic rings. The predicted molar refractivity (Wildman–Crippen MR) is 71.3 cm³/mol. The first kappa shape index (κ1) is 13.3. The van der Waals surface area contributed by atoms with Gasteiger partial charge < -0.3 is 19.2 Å². The number of hydrogen-bond donors (Lipinski definition) is 2. The smallest absolute Gasteiger partial charge is 0.423 e. The van der Waals surface area contributed by atoms with Gasteiger partial charge in [0.1, 0.15) is 0 Å². The van der Waals surface area contributed by atoms with Crippen LogP contribution in [-0.2, 0) is 13.6 Å². The van der Waals surface area contributed by atoms with Gasteiger partial charge in [-0.2, -0.15) is 0 Å². The summed E-state index contributed by atoms with van der Waals surface area (Å²) in [5, 5.41) is 18.5. The van der Waals surface area contributed by atoms with E-state index < -0.39 is 18.2 Å². The van der Waals surface area contributed by atoms with E-state index in [0.717, 1.165) is 0 Å². The first-order chi connectivity index (χ1) is 9.00. The lowest BCUT2D eigenvalue weighted by molar-refractivity contribution is 0.425. The quantitative estimate of drug-likeness (QED) is 0.507. The van der Waals surface area contributed by atoms with Gasteiger partial charge in [0, 0.05) is 19.4 Å². The number of benzene rings is 1. The number of rotatable bonds is 3. The largest absolute Gasteiger partial charge is 0.488 e. The molecule has 0 aliphatic rings. The maximum atomic E-state index is 11.8. The average Bonchev–Trinajstić information content (AvgIpc) is 2.40. The van der Waals surface area contributed by atoms with Crippen LogP contribution in [0.15, 0.2) is 46.2 Å². The van der Waals surface area contributed by atoms with Crippen LogP contribution >= 0.6 is 0 Å². The lowest BCUT2D eigenvalue weighted by Crippen LogP contribution is -2.41. The second-order valence-electron chi connectivity index (χ2n) is 4.22. The summed E-state index contributed by atoms with van der Waals surface area (Å²) in [7, 11) is -0.113. The Kier molecular flexibility index (Phi) is 3.68. The molecule has 0 atom stereocenters. The molecule has 7 heteroatoms. The van der Waals surface area contributed by atoms with E-state index in [-0.39, 0.29) is 6.54 Å². The van der Waals surface area contributed by atoms with E-state index in [9.17, 15) is 19.6 Å². The molecule has 0 bridgehead atoms. The van der Waals surface area contributed by atoms with Gasteiger partial charge in [-0.25, -0.2) is 0 Å². The van der Waals surface area contributed by atoms with E-state index in [4.69, 9.17) is 0 Å². The molecular formula is C12H13BN2O4. The summed E-state index contributed by atoms with van der Waals surface area (Å²) in [5.41, 5.74) is -0.375. The van der Waals surface area contributed by atoms with E-state index in [0.29, 0.717) is 11.0 Å². The van der Waals surface area contributed by atoms with Crippen LogP contribution in [0, 0.1) is 0 Å². The fourth-order valence-corrected chi connectivity index (χ4v) is 1.83. The van der Waals surface area contributed by atoms with E-state index in [1.165, 1.54) is 28.6 Å². The topological polar surface area (TPSA) is 84.5 Å². The van der Waals surface area contributed by atoms with E-state index in [1.807, 2.05) is 0 Å². The highest BCUT2D eigenvalue weighted by Gasteiger charge is 2.15. The summed E-state index contributed by atoms with van der Waals surface area (Å²) in [6, 6.07) is 6.64. The molecule has 19 heavy (non-hydrogen) atoms. The van der Waals surface area contributed by atoms with Crippen LogP contribution in [0.1, 0.15) is 5.56 Å². The van der Waals surface area contributed by atoms with Crippen molar-refractivity contribution in [2.45, 2.75) is 6.54 Å². The fraction of sp³-hybridized carbons (Fsp3) is 0.167. The van der Waals surface area contributed by atoms with Crippen LogP contribution in [-0.4, -0.2) is 26.3 Å². The van der Waals surface area contributed by atoms with Crippen LogP contribution < -0.4 is 16.6 Å². The molecule has 0 amide bonds. The maximum absolute atomic E-state index is 11.8. The first-order valence-electron chi connectivity index (χ1n) is 5.70. The molecule has 2 rings (SSSR count). The standard InChI is InChI=1S/C12H13BN2O4/c1-14-6-7-15(12(17)11(14)16)8-9-4-2-3-5-10(9)13(18)19/h2-7,18-19H,8H2,1H3. The zero-order chi connectivity index (χ0) is 14.0. The number of nitrogens with zero attached hydrogens (tertiary/aromatic N) is 2. The Hall–Kier alpha value is -2.12. The average molecular weight is 260 g/mol. The van der Waals surface area contributed by atoms with Gasteiger partial charge in [-0.1, -0.05) is 24.3 Å². The summed E-state index contributed by atoms with van der Waals surface area (Å²) in [6.45, 7) is 0.114. The number of aryl methyl sites for hydroxylation is 1. The maximum Gasteiger partial charge on any atom is 0.488 e. The predicted octanol–water partition coefficient (Wildman–Crippen LogP) is -1.72. The van der Waals surface area contributed by atoms with Crippen LogP contribution in [0.25, 0.3) is 0 Å². The van der Waals surface area contributed by atoms with Gasteiger partial charge in [0.25, 0.3) is 0 Å². The third kappa shape index (κ3) is 2.67. The Morgan fingerprint density at radius 1 is 1.11 bits per heavy atom. The zero-order valence-corrected chi connectivity index (χ0v) is 10.4. The van der Waals surface area contributed by atoms with Gasteiger partial charge in [-0.3, -0.25) is 9.59 Å². The SMILES string of the molecule is Cn1ccn(Cc2ccccc2B(O)O)c(=O)c1=O. The summed E-state index contributed by atoms with van der Waals surface area (Å²) in [6.07, 6.45) is 2.98. The number of hydrogen-bond acceptors (Lipinski definition) is 4. The lowest BCUT2D eigenvalue weighted by atomic mass is 9.77. The molecule has 6 nitrogen and oxygen atoms in total. The van der Waals surface area contributed by atoms with Gasteiger partial charge in [0.15, 0.2) is 0 Å². The molecule has 0 spiro atoms. The monoisotopic (exact) mass is 260 g/mol. The molecule has 2 N–H and O–H groups in total. The molecular weight excluding hydrogens is 247 g/mol. The summed E-state index contributed by atoms with van der Waals surface area (Å²) in [5.74, 6) is 0. The Morgan fingerprint density at radius 3 is 2.47 bits per heavy atom. The summed E-state index contributed by atoms with van der Waals surface area (Å²) < 4.78 is 2.44. The van der Waals surface area contributed by atoms with E-state index in [2.05, 4.69) is 0 Å². The van der Waals surface area contributed by atoms with Crippen molar-refractivity contribution in [1.29, 1.82) is 0 Å². The lowest BCUT2D eigenvalue weighted by Gasteiger charge is -2.10. The third-order valence-electron chi connectivity index (χ3n) is 2.91. The summed E-state index contributed by atoms with van der Waals surface area (Å²) >= 11 is 0. The molecule has 1 aromatic carbocycles. The first-order valence-corrected chi connectivity index (χ1v) is 5.70. The molecule has 0 saturated heterocycles. The molecule has 0 aliphatic heterocycles. The molecule has 0 aliphatic carbocycles. The Morgan fingerprint density at radius 2 is 1.79 bits per heavy atom. The molecule has 0 radical (unpaired) electrons. The molecule has 0 saturated carbocycles. The Balaban J connectivity index is 2.46. The van der Waals surface area contributed by atoms with Crippen LogP contribution in [0.2, 0.25) is 0 Å². The van der Waals surface area contributed by atoms with Crippen molar-refractivity contribution in [2.75, 3.05) is 0 Å². The fourth-order valence-electron chi connectivity index (χ4n) is 1.83. The minimum atomic E-state index is -1.61. The Bertz CT molecular complexity index is 705. The highest BCUT2D eigenvalue weighted by atomic mass is 16.4. The van der Waals surface area contributed by atoms with Crippen molar-refractivity contribution >= 4 is 12.6 Å². The van der Waals surface area contributed by atoms with E-state index >= 15 is 0 Å². The van der Waals surface area contributed by atoms with Crippen molar-refractivity contribution in [3.63, 3.8) is 0 Å². The van der Waals surface area contributed by atoms with Gasteiger partial charge in [0.05, 0.1) is 6.54 Å². The molecule has 98 valence electrons. The highest BCUT2D eigenvalue weighted by Crippen LogP contribution is 1.99. The van der Waals surface area contributed by atoms with Gasteiger partial charge in [-0.05, 0) is 11.0 Å². The van der Waals surface area contributed by atoms with Gasteiger partial charge in [-0.15, -0.1) is 0 Å². The van der Waals surface area contributed by atoms with Crippen LogP contribution in [0.4, 0.5) is 0 Å². The van der Waals surface area contributed by atoms with Gasteiger partial charge >= 0.3 is 18.2 Å². The summed E-state index contributed by atoms with van der Waals surface area (Å²) in [4.78, 5) is 23.3.